The average Bonchev–Trinajstić information content (AvgIpc) is 2.54. The van der Waals surface area contributed by atoms with E-state index in [4.69, 9.17) is 9.84 Å². The Morgan fingerprint density at radius 2 is 2.00 bits per heavy atom. The summed E-state index contributed by atoms with van der Waals surface area (Å²) < 4.78 is 5.20. The van der Waals surface area contributed by atoms with Crippen molar-refractivity contribution in [3.63, 3.8) is 0 Å². The Kier molecular flexibility index (Phi) is 3.90. The second-order valence-electron chi connectivity index (χ2n) is 5.92. The third-order valence-corrected chi connectivity index (χ3v) is 3.06. The first-order chi connectivity index (χ1) is 8.10. The number of rotatable bonds is 2. The van der Waals surface area contributed by atoms with E-state index in [1.165, 1.54) is 11.8 Å². The largest absolute Gasteiger partial charge is 0.480 e. The molecule has 0 aromatic rings. The molecule has 2 N–H and O–H groups in total. The summed E-state index contributed by atoms with van der Waals surface area (Å²) in [6.45, 7) is 6.72. The lowest BCUT2D eigenvalue weighted by atomic mass is 9.95. The van der Waals surface area contributed by atoms with Gasteiger partial charge in [0.25, 0.3) is 0 Å². The molecule has 6 heteroatoms. The SMILES string of the molecule is CC(C)(C)OC(=O)N1C[C@@H](CO)C[C@@]1(C)C(=O)O. The molecule has 1 fully saturated rings. The Morgan fingerprint density at radius 3 is 2.39 bits per heavy atom. The van der Waals surface area contributed by atoms with Gasteiger partial charge in [-0.3, -0.25) is 4.90 Å². The molecule has 1 heterocycles. The minimum atomic E-state index is -1.31. The molecule has 6 nitrogen and oxygen atoms in total. The van der Waals surface area contributed by atoms with Crippen LogP contribution in [-0.4, -0.2) is 51.5 Å². The van der Waals surface area contributed by atoms with Crippen LogP contribution in [0.5, 0.6) is 0 Å². The van der Waals surface area contributed by atoms with Crippen LogP contribution >= 0.6 is 0 Å². The van der Waals surface area contributed by atoms with E-state index in [1.807, 2.05) is 0 Å². The average molecular weight is 259 g/mol. The van der Waals surface area contributed by atoms with Gasteiger partial charge >= 0.3 is 12.1 Å². The summed E-state index contributed by atoms with van der Waals surface area (Å²) in [5.74, 6) is -1.30. The highest BCUT2D eigenvalue weighted by molar-refractivity contribution is 5.84. The number of aliphatic carboxylic acids is 1. The van der Waals surface area contributed by atoms with Crippen molar-refractivity contribution < 1.29 is 24.5 Å². The smallest absolute Gasteiger partial charge is 0.411 e. The van der Waals surface area contributed by atoms with Crippen LogP contribution in [0.25, 0.3) is 0 Å². The number of carbonyl (C=O) groups is 2. The van der Waals surface area contributed by atoms with E-state index in [-0.39, 0.29) is 25.5 Å². The molecule has 18 heavy (non-hydrogen) atoms. The summed E-state index contributed by atoms with van der Waals surface area (Å²) in [7, 11) is 0. The van der Waals surface area contributed by atoms with Crippen molar-refractivity contribution >= 4 is 12.1 Å². The lowest BCUT2D eigenvalue weighted by Crippen LogP contribution is -2.52. The Labute approximate surface area is 107 Å². The van der Waals surface area contributed by atoms with Gasteiger partial charge in [0.1, 0.15) is 11.1 Å². The molecule has 0 unspecified atom stereocenters. The van der Waals surface area contributed by atoms with E-state index < -0.39 is 23.2 Å². The Morgan fingerprint density at radius 1 is 1.44 bits per heavy atom. The lowest BCUT2D eigenvalue weighted by Gasteiger charge is -2.32. The number of hydrogen-bond donors (Lipinski definition) is 2. The monoisotopic (exact) mass is 259 g/mol. The second-order valence-corrected chi connectivity index (χ2v) is 5.92. The van der Waals surface area contributed by atoms with E-state index in [1.54, 1.807) is 20.8 Å². The molecule has 0 aliphatic carbocycles. The van der Waals surface area contributed by atoms with Gasteiger partial charge < -0.3 is 14.9 Å². The summed E-state index contributed by atoms with van der Waals surface area (Å²) in [4.78, 5) is 24.5. The van der Waals surface area contributed by atoms with E-state index in [0.29, 0.717) is 0 Å². The molecule has 0 saturated carbocycles. The van der Waals surface area contributed by atoms with E-state index in [9.17, 15) is 14.7 Å². The van der Waals surface area contributed by atoms with Crippen LogP contribution in [0.2, 0.25) is 0 Å². The van der Waals surface area contributed by atoms with Gasteiger partial charge in [0.2, 0.25) is 0 Å². The molecule has 104 valence electrons. The number of aliphatic hydroxyl groups excluding tert-OH is 1. The summed E-state index contributed by atoms with van der Waals surface area (Å²) in [6, 6.07) is 0. The van der Waals surface area contributed by atoms with Crippen LogP contribution in [0.3, 0.4) is 0 Å². The van der Waals surface area contributed by atoms with E-state index in [2.05, 4.69) is 0 Å². The van der Waals surface area contributed by atoms with Crippen LogP contribution in [0.1, 0.15) is 34.1 Å². The molecule has 0 aromatic heterocycles. The maximum Gasteiger partial charge on any atom is 0.411 e. The van der Waals surface area contributed by atoms with Crippen molar-refractivity contribution in [2.75, 3.05) is 13.2 Å². The molecule has 1 aliphatic heterocycles. The third-order valence-electron chi connectivity index (χ3n) is 3.06. The quantitative estimate of drug-likeness (QED) is 0.774. The summed E-state index contributed by atoms with van der Waals surface area (Å²) in [5.41, 5.74) is -1.98. The van der Waals surface area contributed by atoms with Gasteiger partial charge in [-0.05, 0) is 34.1 Å². The van der Waals surface area contributed by atoms with Gasteiger partial charge in [0.15, 0.2) is 0 Å². The first kappa shape index (κ1) is 14.8. The molecule has 2 atom stereocenters. The van der Waals surface area contributed by atoms with Crippen LogP contribution in [0.15, 0.2) is 0 Å². The molecular weight excluding hydrogens is 238 g/mol. The minimum Gasteiger partial charge on any atom is -0.480 e. The number of nitrogens with zero attached hydrogens (tertiary/aromatic N) is 1. The number of amides is 1. The fraction of sp³-hybridized carbons (Fsp3) is 0.833. The fourth-order valence-corrected chi connectivity index (χ4v) is 2.11. The first-order valence-electron chi connectivity index (χ1n) is 5.95. The maximum absolute atomic E-state index is 12.0. The van der Waals surface area contributed by atoms with Crippen LogP contribution in [-0.2, 0) is 9.53 Å². The van der Waals surface area contributed by atoms with Gasteiger partial charge in [0, 0.05) is 19.1 Å². The predicted octanol–water partition coefficient (Wildman–Crippen LogP) is 1.08. The van der Waals surface area contributed by atoms with Gasteiger partial charge in [-0.25, -0.2) is 9.59 Å². The molecule has 1 saturated heterocycles. The summed E-state index contributed by atoms with van der Waals surface area (Å²) in [6.07, 6.45) is -0.415. The molecule has 0 radical (unpaired) electrons. The molecular formula is C12H21NO5. The highest BCUT2D eigenvalue weighted by Gasteiger charge is 2.51. The Bertz CT molecular complexity index is 349. The predicted molar refractivity (Wildman–Crippen MR) is 64.2 cm³/mol. The molecule has 1 rings (SSSR count). The second kappa shape index (κ2) is 4.76. The number of carbonyl (C=O) groups excluding carboxylic acids is 1. The Balaban J connectivity index is 2.91. The molecule has 0 spiro atoms. The highest BCUT2D eigenvalue weighted by Crippen LogP contribution is 2.34. The van der Waals surface area contributed by atoms with Gasteiger partial charge in [-0.15, -0.1) is 0 Å². The maximum atomic E-state index is 12.0. The van der Waals surface area contributed by atoms with Crippen LogP contribution < -0.4 is 0 Å². The lowest BCUT2D eigenvalue weighted by molar-refractivity contribution is -0.148. The van der Waals surface area contributed by atoms with Crippen LogP contribution in [0.4, 0.5) is 4.79 Å². The van der Waals surface area contributed by atoms with Gasteiger partial charge in [0.05, 0.1) is 0 Å². The number of likely N-dealkylation sites (tertiary alicyclic amines) is 1. The van der Waals surface area contributed by atoms with Crippen molar-refractivity contribution in [3.8, 4) is 0 Å². The van der Waals surface area contributed by atoms with Gasteiger partial charge in [-0.1, -0.05) is 0 Å². The number of carboxylic acids is 1. The zero-order valence-electron chi connectivity index (χ0n) is 11.3. The fourth-order valence-electron chi connectivity index (χ4n) is 2.11. The first-order valence-corrected chi connectivity index (χ1v) is 5.95. The normalized spacial score (nSPS) is 28.3. The summed E-state index contributed by atoms with van der Waals surface area (Å²) >= 11 is 0. The molecule has 0 bridgehead atoms. The zero-order valence-corrected chi connectivity index (χ0v) is 11.3. The number of ether oxygens (including phenoxy) is 1. The third kappa shape index (κ3) is 2.93. The van der Waals surface area contributed by atoms with Crippen LogP contribution in [0, 0.1) is 5.92 Å². The van der Waals surface area contributed by atoms with E-state index in [0.717, 1.165) is 0 Å². The van der Waals surface area contributed by atoms with Crippen molar-refractivity contribution in [1.82, 2.24) is 4.90 Å². The topological polar surface area (TPSA) is 87.1 Å². The van der Waals surface area contributed by atoms with Crippen molar-refractivity contribution in [3.05, 3.63) is 0 Å². The standard InChI is InChI=1S/C12H21NO5/c1-11(2,3)18-10(17)13-6-8(7-14)5-12(13,4)9(15)16/h8,14H,5-7H2,1-4H3,(H,15,16)/t8-,12-/m0/s1. The highest BCUT2D eigenvalue weighted by atomic mass is 16.6. The summed E-state index contributed by atoms with van der Waals surface area (Å²) in [5, 5.41) is 18.4. The van der Waals surface area contributed by atoms with Gasteiger partial charge in [-0.2, -0.15) is 0 Å². The molecule has 1 amide bonds. The zero-order chi connectivity index (χ0) is 14.1. The van der Waals surface area contributed by atoms with Crippen molar-refractivity contribution in [2.24, 2.45) is 5.92 Å². The number of carboxylic acid groups (broad SMARTS) is 1. The number of hydrogen-bond acceptors (Lipinski definition) is 4. The minimum absolute atomic E-state index is 0.137. The molecule has 0 aromatic carbocycles. The Hall–Kier alpha value is -1.30. The van der Waals surface area contributed by atoms with Crippen molar-refractivity contribution in [2.45, 2.75) is 45.3 Å². The molecule has 1 aliphatic rings. The van der Waals surface area contributed by atoms with Crippen molar-refractivity contribution in [1.29, 1.82) is 0 Å². The van der Waals surface area contributed by atoms with E-state index >= 15 is 0 Å². The number of aliphatic hydroxyl groups is 1.